The molecule has 2 N–H and O–H groups in total. The number of hydrogen-bond acceptors (Lipinski definition) is 3. The topological polar surface area (TPSA) is 71.3 Å². The molecule has 0 spiro atoms. The van der Waals surface area contributed by atoms with Crippen LogP contribution in [0.2, 0.25) is 5.02 Å². The number of nitrogens with zero attached hydrogens (tertiary/aromatic N) is 1. The zero-order chi connectivity index (χ0) is 21.0. The number of aromatic nitrogens is 1. The van der Waals surface area contributed by atoms with E-state index in [0.717, 1.165) is 11.1 Å². The number of pyridine rings is 1. The minimum Gasteiger partial charge on any atom is -0.384 e. The number of nitrogens with one attached hydrogen (secondary N) is 1. The van der Waals surface area contributed by atoms with Gasteiger partial charge in [-0.15, -0.1) is 0 Å². The fourth-order valence-electron chi connectivity index (χ4n) is 3.04. The molecule has 6 heteroatoms. The van der Waals surface area contributed by atoms with Gasteiger partial charge in [-0.2, -0.15) is 0 Å². The highest BCUT2D eigenvalue weighted by Gasteiger charge is 2.17. The highest BCUT2D eigenvalue weighted by Crippen LogP contribution is 2.18. The number of carbonyl (C=O) groups is 1. The molecule has 3 aromatic rings. The van der Waals surface area contributed by atoms with E-state index in [2.05, 4.69) is 17.2 Å². The summed E-state index contributed by atoms with van der Waals surface area (Å²) in [5, 5.41) is 12.7. The predicted molar refractivity (Wildman–Crippen MR) is 115 cm³/mol. The lowest BCUT2D eigenvalue weighted by Crippen LogP contribution is -2.29. The molecule has 1 amide bonds. The molecule has 29 heavy (non-hydrogen) atoms. The monoisotopic (exact) mass is 408 g/mol. The number of halogens is 1. The summed E-state index contributed by atoms with van der Waals surface area (Å²) in [5.74, 6) is 4.94. The Morgan fingerprint density at radius 2 is 1.93 bits per heavy atom. The molecule has 0 aliphatic carbocycles. The highest BCUT2D eigenvalue weighted by atomic mass is 35.5. The normalized spacial score (nSPS) is 10.7. The Kier molecular flexibility index (Phi) is 6.38. The van der Waals surface area contributed by atoms with Crippen molar-refractivity contribution in [2.24, 2.45) is 0 Å². The van der Waals surface area contributed by atoms with E-state index >= 15 is 0 Å². The van der Waals surface area contributed by atoms with Crippen LogP contribution in [0.4, 0.5) is 0 Å². The fourth-order valence-corrected chi connectivity index (χ4v) is 3.17. The van der Waals surface area contributed by atoms with Gasteiger partial charge in [-0.05, 0) is 49.7 Å². The Morgan fingerprint density at radius 1 is 1.21 bits per heavy atom. The van der Waals surface area contributed by atoms with Gasteiger partial charge in [0.15, 0.2) is 0 Å². The number of hydrogen-bond donors (Lipinski definition) is 2. The Hall–Kier alpha value is -3.07. The summed E-state index contributed by atoms with van der Waals surface area (Å²) < 4.78 is 1.90. The number of carbonyl (C=O) groups excluding carboxylic acids is 1. The van der Waals surface area contributed by atoms with E-state index in [1.165, 1.54) is 0 Å². The van der Waals surface area contributed by atoms with Crippen molar-refractivity contribution in [1.29, 1.82) is 0 Å². The molecule has 5 nitrogen and oxygen atoms in total. The minimum atomic E-state index is -0.437. The first-order valence-electron chi connectivity index (χ1n) is 9.22. The van der Waals surface area contributed by atoms with Crippen molar-refractivity contribution in [3.05, 3.63) is 80.6 Å². The van der Waals surface area contributed by atoms with Gasteiger partial charge in [-0.25, -0.2) is 0 Å². The highest BCUT2D eigenvalue weighted by molar-refractivity contribution is 6.30. The third kappa shape index (κ3) is 4.68. The van der Waals surface area contributed by atoms with Gasteiger partial charge in [0.1, 0.15) is 12.2 Å². The molecule has 1 heterocycles. The first kappa shape index (κ1) is 20.7. The van der Waals surface area contributed by atoms with Gasteiger partial charge in [0.25, 0.3) is 5.91 Å². The van der Waals surface area contributed by atoms with E-state index < -0.39 is 5.91 Å². The van der Waals surface area contributed by atoms with Crippen molar-refractivity contribution < 1.29 is 9.90 Å². The molecule has 3 rings (SSSR count). The quantitative estimate of drug-likeness (QED) is 0.649. The molecule has 148 valence electrons. The zero-order valence-electron chi connectivity index (χ0n) is 16.2. The average Bonchev–Trinajstić information content (AvgIpc) is 2.71. The second-order valence-electron chi connectivity index (χ2n) is 6.87. The van der Waals surface area contributed by atoms with Crippen LogP contribution in [0.25, 0.3) is 10.9 Å². The number of rotatable bonds is 4. The molecule has 0 radical (unpaired) electrons. The lowest BCUT2D eigenvalue weighted by molar-refractivity contribution is 0.0949. The third-order valence-corrected chi connectivity index (χ3v) is 4.76. The molecule has 2 aromatic carbocycles. The predicted octanol–water partition coefficient (Wildman–Crippen LogP) is 3.51. The fraction of sp³-hybridized carbons (Fsp3) is 0.217. The van der Waals surface area contributed by atoms with E-state index in [1.54, 1.807) is 30.5 Å². The first-order chi connectivity index (χ1) is 13.9. The molecule has 0 saturated carbocycles. The van der Waals surface area contributed by atoms with E-state index in [9.17, 15) is 9.59 Å². The maximum Gasteiger partial charge on any atom is 0.257 e. The molecule has 1 aromatic heterocycles. The molecular formula is C23H21ClN2O3. The van der Waals surface area contributed by atoms with Crippen molar-refractivity contribution in [3.8, 4) is 11.8 Å². The zero-order valence-corrected chi connectivity index (χ0v) is 17.0. The molecule has 0 saturated heterocycles. The number of aliphatic hydroxyl groups is 1. The lowest BCUT2D eigenvalue weighted by Gasteiger charge is -2.17. The standard InChI is InChI=1S/C23H21ClN2O3/c1-15(2)26-14-20(23(29)25-13-17-5-8-18(24)9-6-17)22(28)19-12-16(4-3-11-27)7-10-21(19)26/h5-10,12,14-15,27H,11,13H2,1-2H3,(H,25,29). The van der Waals surface area contributed by atoms with Gasteiger partial charge < -0.3 is 15.0 Å². The molecule has 0 unspecified atom stereocenters. The number of fused-ring (bicyclic) bond motifs is 1. The van der Waals surface area contributed by atoms with Crippen molar-refractivity contribution in [2.45, 2.75) is 26.4 Å². The van der Waals surface area contributed by atoms with Gasteiger partial charge in [0.05, 0.1) is 5.52 Å². The van der Waals surface area contributed by atoms with E-state index in [-0.39, 0.29) is 30.2 Å². The smallest absolute Gasteiger partial charge is 0.257 e. The van der Waals surface area contributed by atoms with Crippen LogP contribution in [0.3, 0.4) is 0 Å². The second-order valence-corrected chi connectivity index (χ2v) is 7.31. The van der Waals surface area contributed by atoms with Gasteiger partial charge in [0.2, 0.25) is 5.43 Å². The van der Waals surface area contributed by atoms with Crippen molar-refractivity contribution in [1.82, 2.24) is 9.88 Å². The average molecular weight is 409 g/mol. The Balaban J connectivity index is 2.01. The lowest BCUT2D eigenvalue weighted by atomic mass is 10.1. The van der Waals surface area contributed by atoms with Crippen molar-refractivity contribution in [2.75, 3.05) is 6.61 Å². The Bertz CT molecular complexity index is 1170. The maximum absolute atomic E-state index is 13.0. The Labute approximate surface area is 173 Å². The summed E-state index contributed by atoms with van der Waals surface area (Å²) in [7, 11) is 0. The number of benzene rings is 2. The summed E-state index contributed by atoms with van der Waals surface area (Å²) in [6, 6.07) is 12.5. The van der Waals surface area contributed by atoms with Crippen LogP contribution in [-0.2, 0) is 6.54 Å². The van der Waals surface area contributed by atoms with Gasteiger partial charge in [-0.3, -0.25) is 9.59 Å². The molecule has 0 aliphatic heterocycles. The van der Waals surface area contributed by atoms with Crippen LogP contribution in [-0.4, -0.2) is 22.2 Å². The van der Waals surface area contributed by atoms with Crippen LogP contribution in [0.1, 0.15) is 41.4 Å². The summed E-state index contributed by atoms with van der Waals surface area (Å²) in [4.78, 5) is 25.8. The minimum absolute atomic E-state index is 0.0512. The first-order valence-corrected chi connectivity index (χ1v) is 9.59. The van der Waals surface area contributed by atoms with Crippen LogP contribution < -0.4 is 10.7 Å². The van der Waals surface area contributed by atoms with Crippen molar-refractivity contribution >= 4 is 28.4 Å². The molecule has 0 atom stereocenters. The number of amides is 1. The van der Waals surface area contributed by atoms with E-state index in [0.29, 0.717) is 16.0 Å². The van der Waals surface area contributed by atoms with Crippen LogP contribution >= 0.6 is 11.6 Å². The van der Waals surface area contributed by atoms with Gasteiger partial charge in [0, 0.05) is 34.8 Å². The second kappa shape index (κ2) is 8.95. The number of aliphatic hydroxyl groups excluding tert-OH is 1. The molecular weight excluding hydrogens is 388 g/mol. The summed E-state index contributed by atoms with van der Waals surface area (Å²) in [6.45, 7) is 4.00. The Morgan fingerprint density at radius 3 is 2.59 bits per heavy atom. The maximum atomic E-state index is 13.0. The SMILES string of the molecule is CC(C)n1cc(C(=O)NCc2ccc(Cl)cc2)c(=O)c2cc(C#CCO)ccc21. The largest absolute Gasteiger partial charge is 0.384 e. The van der Waals surface area contributed by atoms with E-state index in [4.69, 9.17) is 16.7 Å². The summed E-state index contributed by atoms with van der Waals surface area (Å²) in [6.07, 6.45) is 1.60. The third-order valence-electron chi connectivity index (χ3n) is 4.51. The van der Waals surface area contributed by atoms with Crippen LogP contribution in [0, 0.1) is 11.8 Å². The summed E-state index contributed by atoms with van der Waals surface area (Å²) >= 11 is 5.88. The van der Waals surface area contributed by atoms with Crippen LogP contribution in [0.15, 0.2) is 53.5 Å². The summed E-state index contributed by atoms with van der Waals surface area (Å²) in [5.41, 5.74) is 1.95. The molecule has 0 bridgehead atoms. The van der Waals surface area contributed by atoms with E-state index in [1.807, 2.05) is 36.6 Å². The van der Waals surface area contributed by atoms with Crippen LogP contribution in [0.5, 0.6) is 0 Å². The molecule has 0 aliphatic rings. The molecule has 0 fully saturated rings. The van der Waals surface area contributed by atoms with Crippen molar-refractivity contribution in [3.63, 3.8) is 0 Å². The van der Waals surface area contributed by atoms with Gasteiger partial charge in [-0.1, -0.05) is 35.6 Å². The van der Waals surface area contributed by atoms with Gasteiger partial charge >= 0.3 is 0 Å².